The van der Waals surface area contributed by atoms with Crippen molar-refractivity contribution in [2.24, 2.45) is 0 Å². The zero-order valence-electron chi connectivity index (χ0n) is 37.8. The van der Waals surface area contributed by atoms with E-state index in [1.54, 1.807) is 0 Å². The van der Waals surface area contributed by atoms with Crippen LogP contribution in [0.15, 0.2) is 158 Å². The Balaban J connectivity index is 1.23. The van der Waals surface area contributed by atoms with Crippen molar-refractivity contribution in [3.63, 3.8) is 0 Å². The zero-order chi connectivity index (χ0) is 43.4. The molecule has 8 aromatic carbocycles. The molecule has 2 nitrogen and oxygen atoms in total. The van der Waals surface area contributed by atoms with Crippen molar-refractivity contribution in [3.05, 3.63) is 174 Å². The summed E-state index contributed by atoms with van der Waals surface area (Å²) < 4.78 is 5.54. The van der Waals surface area contributed by atoms with Gasteiger partial charge in [0.2, 0.25) is 0 Å². The van der Waals surface area contributed by atoms with E-state index in [0.29, 0.717) is 0 Å². The predicted octanol–water partition coefficient (Wildman–Crippen LogP) is 15.6. The van der Waals surface area contributed by atoms with Crippen LogP contribution in [-0.4, -0.2) is 11.3 Å². The number of para-hydroxylation sites is 1. The van der Waals surface area contributed by atoms with E-state index in [1.165, 1.54) is 133 Å². The zero-order valence-corrected chi connectivity index (χ0v) is 38.6. The van der Waals surface area contributed by atoms with Gasteiger partial charge in [0.15, 0.2) is 0 Å². The Morgan fingerprint density at radius 3 is 1.92 bits per heavy atom. The highest BCUT2D eigenvalue weighted by Crippen LogP contribution is 2.54. The van der Waals surface area contributed by atoms with Crippen molar-refractivity contribution in [3.8, 4) is 33.4 Å². The van der Waals surface area contributed by atoms with Crippen molar-refractivity contribution in [1.29, 1.82) is 0 Å². The highest BCUT2D eigenvalue weighted by atomic mass is 32.1. The number of hydrogen-bond donors (Lipinski definition) is 0. The molecule has 4 heterocycles. The summed E-state index contributed by atoms with van der Waals surface area (Å²) in [5.74, 6) is 0. The lowest BCUT2D eigenvalue weighted by atomic mass is 9.48. The molecule has 13 rings (SSSR count). The SMILES string of the molecule is CC(C)(C)c1ccc(N2c3cc(-c4ccccc4)cc4c3B(c3sc5cc6c(cc5c32)C(C)(C)CCC6(C)C)n2c3cc5ccccc5cc3c3cccc-4c32)c(-c2ccccc2)c1. The molecule has 64 heavy (non-hydrogen) atoms. The Morgan fingerprint density at radius 2 is 1.20 bits per heavy atom. The topological polar surface area (TPSA) is 8.17 Å². The second kappa shape index (κ2) is 13.1. The lowest BCUT2D eigenvalue weighted by Gasteiger charge is -2.42. The summed E-state index contributed by atoms with van der Waals surface area (Å²) in [6, 6.07) is 60.6. The summed E-state index contributed by atoms with van der Waals surface area (Å²) in [6.07, 6.45) is 2.36. The first-order valence-corrected chi connectivity index (χ1v) is 24.0. The minimum atomic E-state index is -0.0263. The molecule has 0 amide bonds. The summed E-state index contributed by atoms with van der Waals surface area (Å²) in [5, 5.41) is 6.56. The van der Waals surface area contributed by atoms with Crippen molar-refractivity contribution < 1.29 is 0 Å². The molecule has 10 aromatic rings. The van der Waals surface area contributed by atoms with Crippen LogP contribution in [0.5, 0.6) is 0 Å². The molecule has 0 fully saturated rings. The molecule has 3 aliphatic rings. The fourth-order valence-corrected chi connectivity index (χ4v) is 13.1. The monoisotopic (exact) mass is 842 g/mol. The van der Waals surface area contributed by atoms with Crippen LogP contribution in [0.25, 0.3) is 76.0 Å². The maximum atomic E-state index is 2.75. The Kier molecular flexibility index (Phi) is 7.81. The molecule has 1 aliphatic carbocycles. The molecular weight excluding hydrogens is 792 g/mol. The van der Waals surface area contributed by atoms with E-state index >= 15 is 0 Å². The predicted molar refractivity (Wildman–Crippen MR) is 278 cm³/mol. The molecule has 0 bridgehead atoms. The van der Waals surface area contributed by atoms with Gasteiger partial charge in [-0.3, -0.25) is 0 Å². The minimum Gasteiger partial charge on any atom is -0.375 e. The van der Waals surface area contributed by atoms with Gasteiger partial charge >= 0.3 is 6.85 Å². The fraction of sp³-hybridized carbons (Fsp3) is 0.200. The minimum absolute atomic E-state index is 0.0200. The Bertz CT molecular complexity index is 3600. The number of hydrogen-bond acceptors (Lipinski definition) is 2. The van der Waals surface area contributed by atoms with Crippen LogP contribution in [0.3, 0.4) is 0 Å². The molecular formula is C60H51BN2S. The largest absolute Gasteiger partial charge is 0.375 e. The summed E-state index contributed by atoms with van der Waals surface area (Å²) in [5.41, 5.74) is 19.9. The smallest absolute Gasteiger partial charge is 0.343 e. The van der Waals surface area contributed by atoms with Gasteiger partial charge in [-0.1, -0.05) is 158 Å². The molecule has 0 atom stereocenters. The molecule has 4 heteroatoms. The number of aromatic nitrogens is 1. The van der Waals surface area contributed by atoms with Gasteiger partial charge < -0.3 is 9.38 Å². The van der Waals surface area contributed by atoms with E-state index in [9.17, 15) is 0 Å². The Labute approximate surface area is 380 Å². The first-order chi connectivity index (χ1) is 30.9. The number of anilines is 3. The first kappa shape index (κ1) is 38.1. The highest BCUT2D eigenvalue weighted by Gasteiger charge is 2.46. The van der Waals surface area contributed by atoms with Crippen molar-refractivity contribution in [2.45, 2.75) is 77.6 Å². The van der Waals surface area contributed by atoms with E-state index in [1.807, 2.05) is 11.3 Å². The van der Waals surface area contributed by atoms with Gasteiger partial charge in [-0.15, -0.1) is 11.3 Å². The first-order valence-electron chi connectivity index (χ1n) is 23.2. The van der Waals surface area contributed by atoms with Gasteiger partial charge in [0, 0.05) is 53.5 Å². The van der Waals surface area contributed by atoms with Gasteiger partial charge in [0.05, 0.1) is 11.4 Å². The molecule has 0 unspecified atom stereocenters. The van der Waals surface area contributed by atoms with Gasteiger partial charge in [-0.25, -0.2) is 0 Å². The third-order valence-corrected chi connectivity index (χ3v) is 16.5. The van der Waals surface area contributed by atoms with Crippen LogP contribution in [-0.2, 0) is 16.2 Å². The van der Waals surface area contributed by atoms with E-state index in [4.69, 9.17) is 0 Å². The van der Waals surface area contributed by atoms with Crippen LogP contribution >= 0.6 is 11.3 Å². The van der Waals surface area contributed by atoms with E-state index in [0.717, 1.165) is 0 Å². The lowest BCUT2D eigenvalue weighted by molar-refractivity contribution is 0.332. The second-order valence-corrected chi connectivity index (χ2v) is 22.3. The number of fused-ring (bicyclic) bond motifs is 11. The van der Waals surface area contributed by atoms with Gasteiger partial charge in [-0.05, 0) is 133 Å². The average molecular weight is 843 g/mol. The maximum Gasteiger partial charge on any atom is 0.343 e. The third kappa shape index (κ3) is 5.33. The third-order valence-electron chi connectivity index (χ3n) is 15.3. The van der Waals surface area contributed by atoms with Crippen molar-refractivity contribution >= 4 is 88.2 Å². The van der Waals surface area contributed by atoms with Crippen LogP contribution in [0, 0.1) is 0 Å². The van der Waals surface area contributed by atoms with Gasteiger partial charge in [0.1, 0.15) is 0 Å². The molecule has 2 aromatic heterocycles. The summed E-state index contributed by atoms with van der Waals surface area (Å²) >= 11 is 2.03. The lowest BCUT2D eigenvalue weighted by Crippen LogP contribution is -2.55. The van der Waals surface area contributed by atoms with Gasteiger partial charge in [-0.2, -0.15) is 0 Å². The second-order valence-electron chi connectivity index (χ2n) is 21.2. The average Bonchev–Trinajstić information content (AvgIpc) is 3.83. The summed E-state index contributed by atoms with van der Waals surface area (Å²) in [4.78, 5) is 2.71. The summed E-state index contributed by atoms with van der Waals surface area (Å²) in [6.45, 7) is 16.9. The van der Waals surface area contributed by atoms with E-state index in [-0.39, 0.29) is 23.1 Å². The number of nitrogens with zero attached hydrogens (tertiary/aromatic N) is 2. The molecule has 0 N–H and O–H groups in total. The van der Waals surface area contributed by atoms with E-state index < -0.39 is 0 Å². The van der Waals surface area contributed by atoms with Gasteiger partial charge in [0.25, 0.3) is 0 Å². The quantitative estimate of drug-likeness (QED) is 0.161. The van der Waals surface area contributed by atoms with Crippen LogP contribution < -0.4 is 15.1 Å². The summed E-state index contributed by atoms with van der Waals surface area (Å²) in [7, 11) is 0. The van der Waals surface area contributed by atoms with Crippen molar-refractivity contribution in [2.75, 3.05) is 4.90 Å². The highest BCUT2D eigenvalue weighted by molar-refractivity contribution is 7.32. The van der Waals surface area contributed by atoms with Crippen LogP contribution in [0.1, 0.15) is 78.0 Å². The molecule has 0 radical (unpaired) electrons. The molecule has 2 aliphatic heterocycles. The number of thiophene rings is 1. The van der Waals surface area contributed by atoms with E-state index in [2.05, 4.69) is 216 Å². The molecule has 0 spiro atoms. The van der Waals surface area contributed by atoms with Crippen LogP contribution in [0.2, 0.25) is 0 Å². The Hall–Kier alpha value is -6.36. The normalized spacial score (nSPS) is 15.8. The standard InChI is InChI=1S/C60H51BN2S/c1-58(2,3)41-25-26-50(44(33-41)37-19-12-9-13-20-37)62-52-32-40(36-17-10-8-11-18-36)30-46-43-24-16-23-42-45-29-38-21-14-15-22-39(38)31-51(45)63(55(42)43)61(54(46)52)57-56(62)47-34-48-49(35-53(47)64-57)60(6,7)28-27-59(48,4)5/h8-26,29-35H,27-28H2,1-7H3. The Morgan fingerprint density at radius 1 is 0.531 bits per heavy atom. The molecule has 0 saturated heterocycles. The molecule has 310 valence electrons. The number of benzene rings is 8. The number of rotatable bonds is 3. The van der Waals surface area contributed by atoms with Crippen LogP contribution in [0.4, 0.5) is 17.1 Å². The maximum absolute atomic E-state index is 2.75. The molecule has 0 saturated carbocycles. The van der Waals surface area contributed by atoms with Crippen molar-refractivity contribution in [1.82, 2.24) is 4.48 Å². The fourth-order valence-electron chi connectivity index (χ4n) is 11.8.